The molecule has 6 rings (SSSR count). The number of rotatable bonds is 6. The van der Waals surface area contributed by atoms with Crippen LogP contribution >= 0.6 is 0 Å². The highest BCUT2D eigenvalue weighted by molar-refractivity contribution is 5.78. The molecule has 0 radical (unpaired) electrons. The van der Waals surface area contributed by atoms with Crippen LogP contribution in [0.3, 0.4) is 0 Å². The van der Waals surface area contributed by atoms with Crippen molar-refractivity contribution in [3.05, 3.63) is 36.2 Å². The van der Waals surface area contributed by atoms with E-state index in [2.05, 4.69) is 20.1 Å². The molecule has 2 atom stereocenters. The largest absolute Gasteiger partial charge is 0.379 e. The van der Waals surface area contributed by atoms with Crippen molar-refractivity contribution in [3.63, 3.8) is 0 Å². The molecule has 2 aliphatic heterocycles. The number of nitrogens with zero attached hydrogens (tertiary/aromatic N) is 6. The highest BCUT2D eigenvalue weighted by Crippen LogP contribution is 2.31. The van der Waals surface area contributed by atoms with Crippen molar-refractivity contribution in [2.75, 3.05) is 62.8 Å². The van der Waals surface area contributed by atoms with Crippen molar-refractivity contribution >= 4 is 22.8 Å². The monoisotopic (exact) mass is 513 g/mol. The average Bonchev–Trinajstić information content (AvgIpc) is 3.34. The molecule has 0 bridgehead atoms. The van der Waals surface area contributed by atoms with Crippen molar-refractivity contribution in [2.24, 2.45) is 0 Å². The maximum Gasteiger partial charge on any atom is 0.296 e. The second kappa shape index (κ2) is 10.8. The summed E-state index contributed by atoms with van der Waals surface area (Å²) in [6.07, 6.45) is 1.58. The molecule has 11 heteroatoms. The first kappa shape index (κ1) is 24.4. The standard InChI is InChI=1S/C26H33F2N7O2/c27-24(28)25-30-20-6-1-2-7-21(20)35(25)23-17-22(34-10-14-37-15-11-34)31-26(32-23)29-18-4-3-5-19(16-18)33-8-12-36-13-9-33/h1-2,6-7,17-19,24H,3-5,8-16H2,(H,29,31,32). The molecule has 0 spiro atoms. The van der Waals surface area contributed by atoms with Crippen LogP contribution in [0.5, 0.6) is 0 Å². The number of para-hydroxylation sites is 2. The molecule has 1 aliphatic carbocycles. The van der Waals surface area contributed by atoms with Crippen LogP contribution in [0, 0.1) is 0 Å². The fraction of sp³-hybridized carbons (Fsp3) is 0.577. The Labute approximate surface area is 214 Å². The van der Waals surface area contributed by atoms with Crippen molar-refractivity contribution < 1.29 is 18.3 Å². The molecule has 9 nitrogen and oxygen atoms in total. The van der Waals surface area contributed by atoms with E-state index in [4.69, 9.17) is 19.4 Å². The van der Waals surface area contributed by atoms with Gasteiger partial charge in [0, 0.05) is 44.3 Å². The zero-order valence-corrected chi connectivity index (χ0v) is 20.9. The number of ether oxygens (including phenoxy) is 2. The topological polar surface area (TPSA) is 80.6 Å². The third-order valence-corrected chi connectivity index (χ3v) is 7.59. The molecule has 0 amide bonds. The lowest BCUT2D eigenvalue weighted by Crippen LogP contribution is -2.47. The molecule has 1 N–H and O–H groups in total. The maximum atomic E-state index is 14.1. The Bertz CT molecular complexity index is 1210. The Morgan fingerprint density at radius 3 is 2.41 bits per heavy atom. The van der Waals surface area contributed by atoms with E-state index in [0.717, 1.165) is 45.6 Å². The lowest BCUT2D eigenvalue weighted by Gasteiger charge is -2.39. The molecule has 1 saturated carbocycles. The fourth-order valence-corrected chi connectivity index (χ4v) is 5.74. The first-order valence-corrected chi connectivity index (χ1v) is 13.2. The van der Waals surface area contributed by atoms with Gasteiger partial charge >= 0.3 is 0 Å². The summed E-state index contributed by atoms with van der Waals surface area (Å²) in [6.45, 7) is 6.07. The average molecular weight is 514 g/mol. The van der Waals surface area contributed by atoms with Gasteiger partial charge in [0.2, 0.25) is 5.95 Å². The summed E-state index contributed by atoms with van der Waals surface area (Å²) in [5.74, 6) is 1.24. The minimum atomic E-state index is -2.74. The van der Waals surface area contributed by atoms with Gasteiger partial charge in [-0.2, -0.15) is 9.97 Å². The molecule has 3 fully saturated rings. The van der Waals surface area contributed by atoms with Crippen LogP contribution in [0.2, 0.25) is 0 Å². The van der Waals surface area contributed by atoms with Crippen molar-refractivity contribution in [2.45, 2.75) is 44.2 Å². The Morgan fingerprint density at radius 2 is 1.62 bits per heavy atom. The summed E-state index contributed by atoms with van der Waals surface area (Å²) in [5.41, 5.74) is 1.11. The molecule has 2 saturated heterocycles. The summed E-state index contributed by atoms with van der Waals surface area (Å²) < 4.78 is 40.8. The summed E-state index contributed by atoms with van der Waals surface area (Å²) in [5, 5.41) is 3.57. The van der Waals surface area contributed by atoms with Crippen molar-refractivity contribution in [1.82, 2.24) is 24.4 Å². The number of anilines is 2. The predicted molar refractivity (Wildman–Crippen MR) is 137 cm³/mol. The number of imidazole rings is 1. The van der Waals surface area contributed by atoms with E-state index in [1.807, 2.05) is 6.07 Å². The fourth-order valence-electron chi connectivity index (χ4n) is 5.74. The zero-order valence-electron chi connectivity index (χ0n) is 20.9. The normalized spacial score (nSPS) is 23.6. The van der Waals surface area contributed by atoms with Crippen LogP contribution in [0.1, 0.15) is 37.9 Å². The molecule has 37 heavy (non-hydrogen) atoms. The number of aromatic nitrogens is 4. The Balaban J connectivity index is 1.34. The predicted octanol–water partition coefficient (Wildman–Crippen LogP) is 3.65. The summed E-state index contributed by atoms with van der Waals surface area (Å²) in [7, 11) is 0. The minimum Gasteiger partial charge on any atom is -0.379 e. The van der Waals surface area contributed by atoms with Gasteiger partial charge in [-0.15, -0.1) is 0 Å². The number of nitrogens with one attached hydrogen (secondary N) is 1. The molecule has 1 aromatic carbocycles. The molecular weight excluding hydrogens is 480 g/mol. The van der Waals surface area contributed by atoms with Gasteiger partial charge in [0.15, 0.2) is 5.82 Å². The quantitative estimate of drug-likeness (QED) is 0.535. The van der Waals surface area contributed by atoms with E-state index in [9.17, 15) is 8.78 Å². The van der Waals surface area contributed by atoms with Gasteiger partial charge in [-0.1, -0.05) is 12.1 Å². The molecular formula is C26H33F2N7O2. The van der Waals surface area contributed by atoms with Gasteiger partial charge in [-0.3, -0.25) is 9.47 Å². The minimum absolute atomic E-state index is 0.212. The van der Waals surface area contributed by atoms with Gasteiger partial charge in [0.25, 0.3) is 6.43 Å². The SMILES string of the molecule is FC(F)c1nc2ccccc2n1-c1cc(N2CCOCC2)nc(NC2CCCC(N3CCOCC3)C2)n1. The van der Waals surface area contributed by atoms with E-state index in [1.165, 1.54) is 11.0 Å². The molecule has 3 aromatic rings. The lowest BCUT2D eigenvalue weighted by atomic mass is 9.90. The number of alkyl halides is 2. The Morgan fingerprint density at radius 1 is 0.892 bits per heavy atom. The number of hydrogen-bond acceptors (Lipinski definition) is 8. The molecule has 2 unspecified atom stereocenters. The first-order chi connectivity index (χ1) is 18.2. The maximum absolute atomic E-state index is 14.1. The van der Waals surface area contributed by atoms with Crippen LogP contribution in [-0.2, 0) is 9.47 Å². The number of hydrogen-bond donors (Lipinski definition) is 1. The van der Waals surface area contributed by atoms with Gasteiger partial charge in [-0.25, -0.2) is 13.8 Å². The summed E-state index contributed by atoms with van der Waals surface area (Å²) in [4.78, 5) is 18.5. The summed E-state index contributed by atoms with van der Waals surface area (Å²) >= 11 is 0. The van der Waals surface area contributed by atoms with Crippen LogP contribution < -0.4 is 10.2 Å². The highest BCUT2D eigenvalue weighted by atomic mass is 19.3. The first-order valence-electron chi connectivity index (χ1n) is 13.2. The van der Waals surface area contributed by atoms with Crippen LogP contribution in [-0.4, -0.2) is 89.1 Å². The van der Waals surface area contributed by atoms with E-state index < -0.39 is 6.43 Å². The van der Waals surface area contributed by atoms with Crippen molar-refractivity contribution in [1.29, 1.82) is 0 Å². The molecule has 3 aliphatic rings. The van der Waals surface area contributed by atoms with Crippen LogP contribution in [0.4, 0.5) is 20.5 Å². The zero-order chi connectivity index (χ0) is 25.2. The van der Waals surface area contributed by atoms with E-state index in [0.29, 0.717) is 61.0 Å². The number of morpholine rings is 2. The van der Waals surface area contributed by atoms with Crippen molar-refractivity contribution in [3.8, 4) is 5.82 Å². The molecule has 198 valence electrons. The van der Waals surface area contributed by atoms with Gasteiger partial charge in [-0.05, 0) is 37.8 Å². The van der Waals surface area contributed by atoms with E-state index in [1.54, 1.807) is 24.3 Å². The second-order valence-electron chi connectivity index (χ2n) is 9.91. The Kier molecular flexibility index (Phi) is 7.16. The highest BCUT2D eigenvalue weighted by Gasteiger charge is 2.29. The van der Waals surface area contributed by atoms with Gasteiger partial charge in [0.1, 0.15) is 11.6 Å². The van der Waals surface area contributed by atoms with Gasteiger partial charge in [0.05, 0.1) is 37.5 Å². The summed E-state index contributed by atoms with van der Waals surface area (Å²) in [6, 6.07) is 9.67. The molecule has 4 heterocycles. The third-order valence-electron chi connectivity index (χ3n) is 7.59. The number of benzene rings is 1. The second-order valence-corrected chi connectivity index (χ2v) is 9.91. The molecule has 2 aromatic heterocycles. The van der Waals surface area contributed by atoms with Crippen LogP contribution in [0.25, 0.3) is 16.9 Å². The lowest BCUT2D eigenvalue weighted by molar-refractivity contribution is 0.00750. The smallest absolute Gasteiger partial charge is 0.296 e. The number of fused-ring (bicyclic) bond motifs is 1. The van der Waals surface area contributed by atoms with Crippen LogP contribution in [0.15, 0.2) is 30.3 Å². The van der Waals surface area contributed by atoms with Gasteiger partial charge < -0.3 is 19.7 Å². The number of halogens is 2. The Hall–Kier alpha value is -2.89. The third kappa shape index (κ3) is 5.25. The van der Waals surface area contributed by atoms with E-state index in [-0.39, 0.29) is 11.9 Å². The van der Waals surface area contributed by atoms with E-state index >= 15 is 0 Å².